The number of halogens is 1. The van der Waals surface area contributed by atoms with Crippen LogP contribution in [-0.4, -0.2) is 12.3 Å². The predicted octanol–water partition coefficient (Wildman–Crippen LogP) is 1.99. The van der Waals surface area contributed by atoms with E-state index in [0.717, 1.165) is 0 Å². The van der Waals surface area contributed by atoms with Gasteiger partial charge in [0.15, 0.2) is 5.78 Å². The van der Waals surface area contributed by atoms with Gasteiger partial charge in [-0.2, -0.15) is 0 Å². The summed E-state index contributed by atoms with van der Waals surface area (Å²) in [7, 11) is 0. The van der Waals surface area contributed by atoms with Gasteiger partial charge in [0.25, 0.3) is 0 Å². The van der Waals surface area contributed by atoms with Crippen molar-refractivity contribution < 1.29 is 9.18 Å². The molecule has 2 N–H and O–H groups in total. The van der Waals surface area contributed by atoms with Crippen LogP contribution in [0.3, 0.4) is 0 Å². The van der Waals surface area contributed by atoms with Crippen LogP contribution >= 0.6 is 0 Å². The molecule has 0 aliphatic rings. The molecule has 1 atom stereocenters. The van der Waals surface area contributed by atoms with Crippen molar-refractivity contribution in [2.45, 2.75) is 13.3 Å². The summed E-state index contributed by atoms with van der Waals surface area (Å²) in [6.07, 6.45) is 0.715. The molecule has 14 heavy (non-hydrogen) atoms. The van der Waals surface area contributed by atoms with Gasteiger partial charge >= 0.3 is 0 Å². The summed E-state index contributed by atoms with van der Waals surface area (Å²) in [5.74, 6) is -0.488. The first-order valence-electron chi connectivity index (χ1n) is 4.69. The first kappa shape index (κ1) is 10.9. The zero-order valence-corrected chi connectivity index (χ0v) is 8.16. The van der Waals surface area contributed by atoms with E-state index in [1.54, 1.807) is 0 Å². The predicted molar refractivity (Wildman–Crippen MR) is 53.6 cm³/mol. The summed E-state index contributed by atoms with van der Waals surface area (Å²) < 4.78 is 12.6. The van der Waals surface area contributed by atoms with E-state index < -0.39 is 0 Å². The molecule has 0 aromatic heterocycles. The van der Waals surface area contributed by atoms with Crippen molar-refractivity contribution in [3.63, 3.8) is 0 Å². The van der Waals surface area contributed by atoms with Crippen LogP contribution in [0, 0.1) is 11.7 Å². The Morgan fingerprint density at radius 1 is 1.43 bits per heavy atom. The highest BCUT2D eigenvalue weighted by atomic mass is 19.1. The number of benzene rings is 1. The lowest BCUT2D eigenvalue weighted by Crippen LogP contribution is -2.23. The second-order valence-corrected chi connectivity index (χ2v) is 3.21. The fraction of sp³-hybridized carbons (Fsp3) is 0.364. The van der Waals surface area contributed by atoms with Gasteiger partial charge in [0.2, 0.25) is 0 Å². The molecule has 0 saturated carbocycles. The molecule has 0 bridgehead atoms. The lowest BCUT2D eigenvalue weighted by molar-refractivity contribution is 0.0921. The lowest BCUT2D eigenvalue weighted by atomic mass is 9.95. The standard InChI is InChI=1S/C11H14FNO/c1-2-8(7-13)11(14)9-3-5-10(12)6-4-9/h3-6,8H,2,7,13H2,1H3. The molecule has 1 unspecified atom stereocenters. The van der Waals surface area contributed by atoms with Crippen LogP contribution in [0.5, 0.6) is 0 Å². The number of ketones is 1. The molecule has 0 amide bonds. The van der Waals surface area contributed by atoms with Gasteiger partial charge in [0.1, 0.15) is 5.82 Å². The van der Waals surface area contributed by atoms with Crippen LogP contribution in [0.4, 0.5) is 4.39 Å². The molecule has 0 saturated heterocycles. The Morgan fingerprint density at radius 2 is 2.00 bits per heavy atom. The molecule has 76 valence electrons. The van der Waals surface area contributed by atoms with E-state index in [1.165, 1.54) is 24.3 Å². The van der Waals surface area contributed by atoms with E-state index in [1.807, 2.05) is 6.92 Å². The number of carbonyl (C=O) groups excluding carboxylic acids is 1. The summed E-state index contributed by atoms with van der Waals surface area (Å²) in [6.45, 7) is 2.26. The third kappa shape index (κ3) is 2.39. The molecule has 1 rings (SSSR count). The minimum absolute atomic E-state index is 0.00463. The first-order chi connectivity index (χ1) is 6.69. The van der Waals surface area contributed by atoms with Crippen LogP contribution in [0.25, 0.3) is 0 Å². The summed E-state index contributed by atoms with van der Waals surface area (Å²) in [4.78, 5) is 11.7. The Kier molecular flexibility index (Phi) is 3.77. The average Bonchev–Trinajstić information content (AvgIpc) is 2.20. The molecule has 0 aliphatic heterocycles. The average molecular weight is 195 g/mol. The Balaban J connectivity index is 2.83. The van der Waals surface area contributed by atoms with Crippen molar-refractivity contribution in [3.8, 4) is 0 Å². The molecular formula is C11H14FNO. The van der Waals surface area contributed by atoms with E-state index in [2.05, 4.69) is 0 Å². The van der Waals surface area contributed by atoms with E-state index in [4.69, 9.17) is 5.73 Å². The van der Waals surface area contributed by atoms with Crippen molar-refractivity contribution in [1.82, 2.24) is 0 Å². The normalized spacial score (nSPS) is 12.5. The van der Waals surface area contributed by atoms with E-state index in [0.29, 0.717) is 18.5 Å². The van der Waals surface area contributed by atoms with Gasteiger partial charge in [-0.05, 0) is 30.7 Å². The maximum Gasteiger partial charge on any atom is 0.167 e. The van der Waals surface area contributed by atoms with Crippen LogP contribution in [0.2, 0.25) is 0 Å². The number of hydrogen-bond acceptors (Lipinski definition) is 2. The SMILES string of the molecule is CCC(CN)C(=O)c1ccc(F)cc1. The van der Waals surface area contributed by atoms with E-state index in [9.17, 15) is 9.18 Å². The minimum Gasteiger partial charge on any atom is -0.330 e. The summed E-state index contributed by atoms with van der Waals surface area (Å²) in [5.41, 5.74) is 5.99. The number of hydrogen-bond donors (Lipinski definition) is 1. The topological polar surface area (TPSA) is 43.1 Å². The molecular weight excluding hydrogens is 181 g/mol. The number of Topliss-reactive ketones (excluding diaryl/α,β-unsaturated/α-hetero) is 1. The molecule has 0 spiro atoms. The maximum atomic E-state index is 12.6. The van der Waals surface area contributed by atoms with Gasteiger partial charge in [0.05, 0.1) is 0 Å². The molecule has 0 fully saturated rings. The fourth-order valence-corrected chi connectivity index (χ4v) is 1.31. The van der Waals surface area contributed by atoms with Crippen molar-refractivity contribution in [1.29, 1.82) is 0 Å². The second kappa shape index (κ2) is 4.86. The van der Waals surface area contributed by atoms with Gasteiger partial charge in [0, 0.05) is 18.0 Å². The number of rotatable bonds is 4. The summed E-state index contributed by atoms with van der Waals surface area (Å²) >= 11 is 0. The first-order valence-corrected chi connectivity index (χ1v) is 4.69. The smallest absolute Gasteiger partial charge is 0.167 e. The van der Waals surface area contributed by atoms with Crippen LogP contribution in [-0.2, 0) is 0 Å². The largest absolute Gasteiger partial charge is 0.330 e. The van der Waals surface area contributed by atoms with Crippen LogP contribution in [0.15, 0.2) is 24.3 Å². The maximum absolute atomic E-state index is 12.6. The highest BCUT2D eigenvalue weighted by Gasteiger charge is 2.16. The zero-order valence-electron chi connectivity index (χ0n) is 8.16. The summed E-state index contributed by atoms with van der Waals surface area (Å²) in [5, 5.41) is 0. The molecule has 0 radical (unpaired) electrons. The van der Waals surface area contributed by atoms with Crippen molar-refractivity contribution in [3.05, 3.63) is 35.6 Å². The minimum atomic E-state index is -0.331. The molecule has 1 aromatic carbocycles. The lowest BCUT2D eigenvalue weighted by Gasteiger charge is -2.10. The van der Waals surface area contributed by atoms with Gasteiger partial charge < -0.3 is 5.73 Å². The Bertz CT molecular complexity index is 304. The fourth-order valence-electron chi connectivity index (χ4n) is 1.31. The molecule has 3 heteroatoms. The highest BCUT2D eigenvalue weighted by molar-refractivity contribution is 5.97. The third-order valence-electron chi connectivity index (χ3n) is 2.28. The monoisotopic (exact) mass is 195 g/mol. The molecule has 0 heterocycles. The molecule has 0 aliphatic carbocycles. The van der Waals surface area contributed by atoms with Crippen LogP contribution < -0.4 is 5.73 Å². The van der Waals surface area contributed by atoms with Gasteiger partial charge in [-0.3, -0.25) is 4.79 Å². The van der Waals surface area contributed by atoms with Gasteiger partial charge in [-0.1, -0.05) is 6.92 Å². The number of carbonyl (C=O) groups is 1. The zero-order chi connectivity index (χ0) is 10.6. The Morgan fingerprint density at radius 3 is 2.43 bits per heavy atom. The second-order valence-electron chi connectivity index (χ2n) is 3.21. The molecule has 1 aromatic rings. The van der Waals surface area contributed by atoms with Crippen molar-refractivity contribution in [2.24, 2.45) is 11.7 Å². The third-order valence-corrected chi connectivity index (χ3v) is 2.28. The van der Waals surface area contributed by atoms with Gasteiger partial charge in [-0.25, -0.2) is 4.39 Å². The quantitative estimate of drug-likeness (QED) is 0.746. The Hall–Kier alpha value is -1.22. The number of nitrogens with two attached hydrogens (primary N) is 1. The van der Waals surface area contributed by atoms with Gasteiger partial charge in [-0.15, -0.1) is 0 Å². The highest BCUT2D eigenvalue weighted by Crippen LogP contribution is 2.11. The van der Waals surface area contributed by atoms with E-state index >= 15 is 0 Å². The van der Waals surface area contributed by atoms with Crippen molar-refractivity contribution >= 4 is 5.78 Å². The van der Waals surface area contributed by atoms with Crippen molar-refractivity contribution in [2.75, 3.05) is 6.54 Å². The summed E-state index contributed by atoms with van der Waals surface area (Å²) in [6, 6.07) is 5.57. The Labute approximate surface area is 82.9 Å². The van der Waals surface area contributed by atoms with E-state index in [-0.39, 0.29) is 17.5 Å². The molecule has 2 nitrogen and oxygen atoms in total. The van der Waals surface area contributed by atoms with Crippen LogP contribution in [0.1, 0.15) is 23.7 Å².